The maximum Gasteiger partial charge on any atom is 0.242 e. The molecule has 7 nitrogen and oxygen atoms in total. The van der Waals surface area contributed by atoms with Gasteiger partial charge in [0.25, 0.3) is 0 Å². The smallest absolute Gasteiger partial charge is 0.242 e. The van der Waals surface area contributed by atoms with Crippen LogP contribution in [0.5, 0.6) is 0 Å². The first kappa shape index (κ1) is 27.4. The van der Waals surface area contributed by atoms with Crippen LogP contribution in [-0.4, -0.2) is 39.4 Å². The summed E-state index contributed by atoms with van der Waals surface area (Å²) in [7, 11) is -4.04. The van der Waals surface area contributed by atoms with E-state index in [-0.39, 0.29) is 28.7 Å². The maximum atomic E-state index is 12.9. The van der Waals surface area contributed by atoms with Gasteiger partial charge in [0, 0.05) is 19.5 Å². The molecule has 2 amide bonds. The molecule has 0 saturated carbocycles. The Balaban J connectivity index is 2.85. The predicted octanol–water partition coefficient (Wildman–Crippen LogP) is 3.69. The van der Waals surface area contributed by atoms with E-state index in [0.717, 1.165) is 44.1 Å². The SMILES string of the molecule is CCCCCNC(=O)CCC(NS(=O)(=O)c1cc(C)ccc1Cl)C(=O)NCCCCC. The summed E-state index contributed by atoms with van der Waals surface area (Å²) in [5.41, 5.74) is 0.733. The zero-order chi connectivity index (χ0) is 23.3. The highest BCUT2D eigenvalue weighted by atomic mass is 35.5. The number of benzene rings is 1. The summed E-state index contributed by atoms with van der Waals surface area (Å²) in [5.74, 6) is -0.644. The molecule has 0 radical (unpaired) electrons. The van der Waals surface area contributed by atoms with E-state index in [2.05, 4.69) is 29.2 Å². The molecule has 0 spiro atoms. The van der Waals surface area contributed by atoms with Gasteiger partial charge >= 0.3 is 0 Å². The van der Waals surface area contributed by atoms with Crippen molar-refractivity contribution in [3.63, 3.8) is 0 Å². The average Bonchev–Trinajstić information content (AvgIpc) is 2.73. The summed E-state index contributed by atoms with van der Waals surface area (Å²) in [6.45, 7) is 6.93. The lowest BCUT2D eigenvalue weighted by atomic mass is 10.1. The van der Waals surface area contributed by atoms with E-state index in [1.807, 2.05) is 0 Å². The monoisotopic (exact) mass is 473 g/mol. The first-order valence-electron chi connectivity index (χ1n) is 11.0. The molecule has 0 aromatic heterocycles. The number of carbonyl (C=O) groups excluding carboxylic acids is 2. The molecule has 0 saturated heterocycles. The topological polar surface area (TPSA) is 104 Å². The molecule has 1 aromatic rings. The standard InChI is InChI=1S/C22H36ClN3O4S/c1-4-6-8-14-24-21(27)13-12-19(22(28)25-15-9-7-5-2)26-31(29,30)20-16-17(3)10-11-18(20)23/h10-11,16,19,26H,4-9,12-15H2,1-3H3,(H,24,27)(H,25,28). The molecular weight excluding hydrogens is 438 g/mol. The van der Waals surface area contributed by atoms with Crippen LogP contribution in [0.4, 0.5) is 0 Å². The van der Waals surface area contributed by atoms with Gasteiger partial charge in [-0.2, -0.15) is 4.72 Å². The van der Waals surface area contributed by atoms with E-state index in [0.29, 0.717) is 13.1 Å². The molecule has 1 rings (SSSR count). The van der Waals surface area contributed by atoms with Gasteiger partial charge in [0.05, 0.1) is 5.02 Å². The highest BCUT2D eigenvalue weighted by Crippen LogP contribution is 2.23. The van der Waals surface area contributed by atoms with E-state index >= 15 is 0 Å². The number of hydrogen-bond donors (Lipinski definition) is 3. The molecular formula is C22H36ClN3O4S. The van der Waals surface area contributed by atoms with Gasteiger partial charge in [-0.25, -0.2) is 8.42 Å². The zero-order valence-electron chi connectivity index (χ0n) is 18.8. The lowest BCUT2D eigenvalue weighted by molar-refractivity contribution is -0.123. The first-order chi connectivity index (χ1) is 14.7. The molecule has 0 aliphatic carbocycles. The van der Waals surface area contributed by atoms with Crippen LogP contribution in [0.2, 0.25) is 5.02 Å². The van der Waals surface area contributed by atoms with Crippen molar-refractivity contribution < 1.29 is 18.0 Å². The van der Waals surface area contributed by atoms with Crippen LogP contribution in [0.15, 0.2) is 23.1 Å². The Morgan fingerprint density at radius 2 is 1.61 bits per heavy atom. The summed E-state index contributed by atoms with van der Waals surface area (Å²) in [4.78, 5) is 24.7. The zero-order valence-corrected chi connectivity index (χ0v) is 20.4. The van der Waals surface area contributed by atoms with Gasteiger partial charge in [0.1, 0.15) is 10.9 Å². The molecule has 1 aromatic carbocycles. The second-order valence-corrected chi connectivity index (χ2v) is 9.79. The van der Waals surface area contributed by atoms with Crippen LogP contribution in [0.25, 0.3) is 0 Å². The van der Waals surface area contributed by atoms with Gasteiger partial charge in [-0.15, -0.1) is 0 Å². The minimum absolute atomic E-state index is 0.0449. The van der Waals surface area contributed by atoms with Crippen molar-refractivity contribution in [3.05, 3.63) is 28.8 Å². The minimum atomic E-state index is -4.04. The quantitative estimate of drug-likeness (QED) is 0.338. The Morgan fingerprint density at radius 3 is 2.23 bits per heavy atom. The number of carbonyl (C=O) groups is 2. The molecule has 1 unspecified atom stereocenters. The number of sulfonamides is 1. The van der Waals surface area contributed by atoms with Crippen molar-refractivity contribution >= 4 is 33.4 Å². The summed E-state index contributed by atoms with van der Waals surface area (Å²) in [6, 6.07) is 3.61. The second-order valence-electron chi connectivity index (χ2n) is 7.70. The molecule has 176 valence electrons. The Kier molecular flexibility index (Phi) is 12.7. The van der Waals surface area contributed by atoms with Crippen LogP contribution in [0.1, 0.15) is 70.8 Å². The van der Waals surface area contributed by atoms with Crippen molar-refractivity contribution in [1.29, 1.82) is 0 Å². The summed E-state index contributed by atoms with van der Waals surface area (Å²) >= 11 is 6.09. The molecule has 0 aliphatic rings. The second kappa shape index (κ2) is 14.4. The lowest BCUT2D eigenvalue weighted by Gasteiger charge is -2.19. The van der Waals surface area contributed by atoms with Crippen molar-refractivity contribution in [2.75, 3.05) is 13.1 Å². The van der Waals surface area contributed by atoms with Gasteiger partial charge in [-0.05, 0) is 43.9 Å². The largest absolute Gasteiger partial charge is 0.356 e. The van der Waals surface area contributed by atoms with E-state index in [9.17, 15) is 18.0 Å². The Bertz CT molecular complexity index is 815. The van der Waals surface area contributed by atoms with E-state index in [4.69, 9.17) is 11.6 Å². The van der Waals surface area contributed by atoms with Gasteiger partial charge in [0.15, 0.2) is 0 Å². The van der Waals surface area contributed by atoms with Gasteiger partial charge in [-0.1, -0.05) is 57.2 Å². The number of rotatable bonds is 15. The molecule has 3 N–H and O–H groups in total. The lowest BCUT2D eigenvalue weighted by Crippen LogP contribution is -2.47. The third-order valence-electron chi connectivity index (χ3n) is 4.83. The fourth-order valence-corrected chi connectivity index (χ4v) is 4.80. The van der Waals surface area contributed by atoms with E-state index in [1.54, 1.807) is 13.0 Å². The molecule has 0 aliphatic heterocycles. The molecule has 0 heterocycles. The number of halogens is 1. The fraction of sp³-hybridized carbons (Fsp3) is 0.636. The normalized spacial score (nSPS) is 12.4. The van der Waals surface area contributed by atoms with Crippen molar-refractivity contribution in [2.45, 2.75) is 83.1 Å². The van der Waals surface area contributed by atoms with Crippen molar-refractivity contribution in [3.8, 4) is 0 Å². The van der Waals surface area contributed by atoms with Gasteiger partial charge < -0.3 is 10.6 Å². The number of aryl methyl sites for hydroxylation is 1. The van der Waals surface area contributed by atoms with Crippen LogP contribution in [0, 0.1) is 6.92 Å². The predicted molar refractivity (Wildman–Crippen MR) is 125 cm³/mol. The fourth-order valence-electron chi connectivity index (χ4n) is 2.99. The first-order valence-corrected chi connectivity index (χ1v) is 12.9. The summed E-state index contributed by atoms with van der Waals surface area (Å²) < 4.78 is 28.3. The third kappa shape index (κ3) is 10.5. The molecule has 31 heavy (non-hydrogen) atoms. The van der Waals surface area contributed by atoms with E-state index < -0.39 is 22.0 Å². The summed E-state index contributed by atoms with van der Waals surface area (Å²) in [5, 5.41) is 5.66. The Morgan fingerprint density at radius 1 is 1.00 bits per heavy atom. The number of hydrogen-bond acceptors (Lipinski definition) is 4. The number of unbranched alkanes of at least 4 members (excludes halogenated alkanes) is 4. The molecule has 0 bridgehead atoms. The maximum absolute atomic E-state index is 12.9. The van der Waals surface area contributed by atoms with Crippen LogP contribution >= 0.6 is 11.6 Å². The minimum Gasteiger partial charge on any atom is -0.356 e. The van der Waals surface area contributed by atoms with Gasteiger partial charge in [-0.3, -0.25) is 9.59 Å². The van der Waals surface area contributed by atoms with Crippen LogP contribution in [0.3, 0.4) is 0 Å². The molecule has 9 heteroatoms. The van der Waals surface area contributed by atoms with Gasteiger partial charge in [0.2, 0.25) is 21.8 Å². The van der Waals surface area contributed by atoms with Crippen LogP contribution < -0.4 is 15.4 Å². The third-order valence-corrected chi connectivity index (χ3v) is 6.79. The van der Waals surface area contributed by atoms with Crippen LogP contribution in [-0.2, 0) is 19.6 Å². The highest BCUT2D eigenvalue weighted by molar-refractivity contribution is 7.89. The molecule has 0 fully saturated rings. The van der Waals surface area contributed by atoms with Crippen molar-refractivity contribution in [2.24, 2.45) is 0 Å². The average molecular weight is 474 g/mol. The number of nitrogens with one attached hydrogen (secondary N) is 3. The Hall–Kier alpha value is -1.64. The summed E-state index contributed by atoms with van der Waals surface area (Å²) in [6.07, 6.45) is 5.86. The highest BCUT2D eigenvalue weighted by Gasteiger charge is 2.27. The molecule has 1 atom stereocenters. The Labute approximate surface area is 191 Å². The van der Waals surface area contributed by atoms with E-state index in [1.165, 1.54) is 12.1 Å². The number of amides is 2. The van der Waals surface area contributed by atoms with Crippen molar-refractivity contribution in [1.82, 2.24) is 15.4 Å².